The van der Waals surface area contributed by atoms with E-state index in [9.17, 15) is 0 Å². The zero-order valence-electron chi connectivity index (χ0n) is 17.7. The van der Waals surface area contributed by atoms with Crippen LogP contribution in [0.5, 0.6) is 5.75 Å². The van der Waals surface area contributed by atoms with Gasteiger partial charge in [-0.05, 0) is 69.5 Å². The maximum absolute atomic E-state index is 6.01. The van der Waals surface area contributed by atoms with Gasteiger partial charge in [-0.1, -0.05) is 43.3 Å². The Balaban J connectivity index is 1.73. The van der Waals surface area contributed by atoms with Crippen molar-refractivity contribution in [1.82, 2.24) is 5.32 Å². The topological polar surface area (TPSA) is 42.8 Å². The van der Waals surface area contributed by atoms with Crippen molar-refractivity contribution in [2.24, 2.45) is 5.16 Å². The molecule has 1 aliphatic rings. The summed E-state index contributed by atoms with van der Waals surface area (Å²) in [6.45, 7) is 12.1. The number of nitrogens with zero attached hydrogens (tertiary/aromatic N) is 1. The van der Waals surface area contributed by atoms with E-state index >= 15 is 0 Å². The molecule has 4 heteroatoms. The molecule has 0 fully saturated rings. The molecule has 0 unspecified atom stereocenters. The van der Waals surface area contributed by atoms with E-state index in [-0.39, 0.29) is 5.60 Å². The minimum atomic E-state index is -0.331. The van der Waals surface area contributed by atoms with Crippen LogP contribution in [0.4, 0.5) is 0 Å². The van der Waals surface area contributed by atoms with E-state index in [4.69, 9.17) is 9.57 Å². The van der Waals surface area contributed by atoms with Crippen molar-refractivity contribution in [3.05, 3.63) is 53.6 Å². The molecule has 4 nitrogen and oxygen atoms in total. The molecular formula is C24H32N2O2. The molecule has 2 aromatic carbocycles. The first-order valence-electron chi connectivity index (χ1n) is 10.2. The highest BCUT2D eigenvalue weighted by molar-refractivity contribution is 6.24. The molecule has 0 radical (unpaired) electrons. The number of rotatable bonds is 8. The van der Waals surface area contributed by atoms with E-state index in [1.165, 1.54) is 11.1 Å². The smallest absolute Gasteiger partial charge is 0.129 e. The highest BCUT2D eigenvalue weighted by atomic mass is 16.6. The number of ether oxygens (including phenoxy) is 1. The molecule has 0 saturated carbocycles. The first-order chi connectivity index (χ1) is 13.3. The van der Waals surface area contributed by atoms with E-state index in [1.54, 1.807) is 0 Å². The Bertz CT molecular complexity index is 835. The first kappa shape index (κ1) is 20.4. The van der Waals surface area contributed by atoms with E-state index < -0.39 is 0 Å². The lowest BCUT2D eigenvalue weighted by molar-refractivity contribution is 0.00121. The Morgan fingerprint density at radius 1 is 0.929 bits per heavy atom. The number of hydrogen-bond acceptors (Lipinski definition) is 4. The predicted octanol–water partition coefficient (Wildman–Crippen LogP) is 5.39. The van der Waals surface area contributed by atoms with Crippen LogP contribution in [-0.4, -0.2) is 30.5 Å². The first-order valence-corrected chi connectivity index (χ1v) is 10.2. The van der Waals surface area contributed by atoms with Crippen LogP contribution in [0.1, 0.15) is 58.6 Å². The Kier molecular flexibility index (Phi) is 6.40. The van der Waals surface area contributed by atoms with Crippen molar-refractivity contribution < 1.29 is 9.57 Å². The van der Waals surface area contributed by atoms with Crippen LogP contribution in [-0.2, 0) is 4.84 Å². The van der Waals surface area contributed by atoms with E-state index in [0.29, 0.717) is 6.04 Å². The molecule has 0 saturated heterocycles. The second-order valence-corrected chi connectivity index (χ2v) is 8.56. The van der Waals surface area contributed by atoms with Crippen LogP contribution < -0.4 is 10.1 Å². The lowest BCUT2D eigenvalue weighted by Crippen LogP contribution is -2.23. The van der Waals surface area contributed by atoms with Crippen LogP contribution in [0.15, 0.2) is 47.6 Å². The summed E-state index contributed by atoms with van der Waals surface area (Å²) >= 11 is 0. The van der Waals surface area contributed by atoms with E-state index in [0.717, 1.165) is 48.6 Å². The zero-order chi connectivity index (χ0) is 20.1. The summed E-state index contributed by atoms with van der Waals surface area (Å²) in [5, 5.41) is 7.94. The average molecular weight is 381 g/mol. The standard InChI is InChI=1S/C24H32N2O2/c1-17(2)25-14-8-9-15-27-18-12-13-20-19-10-6-7-11-21(19)23(22(20)16-18)26-28-24(3,4)5/h6-7,10-13,16-17,25H,8-9,14-15H2,1-5H3/b26-23+. The molecule has 0 heterocycles. The molecule has 3 rings (SSSR count). The average Bonchev–Trinajstić information content (AvgIpc) is 2.95. The van der Waals surface area contributed by atoms with Gasteiger partial charge in [0.1, 0.15) is 17.1 Å². The van der Waals surface area contributed by atoms with Crippen molar-refractivity contribution in [3.8, 4) is 16.9 Å². The summed E-state index contributed by atoms with van der Waals surface area (Å²) in [6, 6.07) is 15.1. The fourth-order valence-corrected chi connectivity index (χ4v) is 3.20. The third kappa shape index (κ3) is 5.14. The number of nitrogens with one attached hydrogen (secondary N) is 1. The molecule has 0 aromatic heterocycles. The summed E-state index contributed by atoms with van der Waals surface area (Å²) in [5.41, 5.74) is 5.11. The molecule has 2 aromatic rings. The molecule has 1 aliphatic carbocycles. The summed E-state index contributed by atoms with van der Waals surface area (Å²) < 4.78 is 6.01. The second kappa shape index (κ2) is 8.78. The Labute approximate surface area is 168 Å². The maximum atomic E-state index is 6.01. The molecule has 150 valence electrons. The molecule has 0 spiro atoms. The lowest BCUT2D eigenvalue weighted by atomic mass is 10.1. The molecule has 0 aliphatic heterocycles. The summed E-state index contributed by atoms with van der Waals surface area (Å²) in [7, 11) is 0. The third-order valence-corrected chi connectivity index (χ3v) is 4.52. The van der Waals surface area contributed by atoms with Gasteiger partial charge >= 0.3 is 0 Å². The zero-order valence-corrected chi connectivity index (χ0v) is 17.7. The van der Waals surface area contributed by atoms with E-state index in [1.807, 2.05) is 26.8 Å². The van der Waals surface area contributed by atoms with Crippen LogP contribution in [0.3, 0.4) is 0 Å². The minimum Gasteiger partial charge on any atom is -0.494 e. The summed E-state index contributed by atoms with van der Waals surface area (Å²) in [4.78, 5) is 5.75. The van der Waals surface area contributed by atoms with Crippen molar-refractivity contribution in [2.75, 3.05) is 13.2 Å². The number of oxime groups is 1. The maximum Gasteiger partial charge on any atom is 0.129 e. The summed E-state index contributed by atoms with van der Waals surface area (Å²) in [6.07, 6.45) is 2.14. The van der Waals surface area contributed by atoms with Crippen molar-refractivity contribution in [3.63, 3.8) is 0 Å². The van der Waals surface area contributed by atoms with Crippen LogP contribution in [0.25, 0.3) is 11.1 Å². The molecule has 0 amide bonds. The van der Waals surface area contributed by atoms with Gasteiger partial charge in [0.25, 0.3) is 0 Å². The molecule has 0 atom stereocenters. The molecule has 28 heavy (non-hydrogen) atoms. The highest BCUT2D eigenvalue weighted by Crippen LogP contribution is 2.39. The van der Waals surface area contributed by atoms with Gasteiger partial charge in [-0.15, -0.1) is 0 Å². The van der Waals surface area contributed by atoms with Gasteiger partial charge in [-0.3, -0.25) is 0 Å². The molecular weight excluding hydrogens is 348 g/mol. The lowest BCUT2D eigenvalue weighted by Gasteiger charge is -2.16. The van der Waals surface area contributed by atoms with Gasteiger partial charge in [0.05, 0.1) is 6.61 Å². The molecule has 0 bridgehead atoms. The minimum absolute atomic E-state index is 0.331. The van der Waals surface area contributed by atoms with Gasteiger partial charge in [0.15, 0.2) is 0 Å². The quantitative estimate of drug-likeness (QED) is 0.421. The number of hydrogen-bond donors (Lipinski definition) is 1. The Hall–Kier alpha value is -2.33. The largest absolute Gasteiger partial charge is 0.494 e. The van der Waals surface area contributed by atoms with Crippen molar-refractivity contribution in [2.45, 2.75) is 59.1 Å². The third-order valence-electron chi connectivity index (χ3n) is 4.52. The van der Waals surface area contributed by atoms with Crippen molar-refractivity contribution >= 4 is 5.71 Å². The Morgan fingerprint density at radius 2 is 1.64 bits per heavy atom. The van der Waals surface area contributed by atoms with Gasteiger partial charge in [0.2, 0.25) is 0 Å². The number of unbranched alkanes of at least 4 members (excludes halogenated alkanes) is 1. The summed E-state index contributed by atoms with van der Waals surface area (Å²) in [5.74, 6) is 0.881. The fraction of sp³-hybridized carbons (Fsp3) is 0.458. The Morgan fingerprint density at radius 3 is 2.36 bits per heavy atom. The van der Waals surface area contributed by atoms with Gasteiger partial charge in [0, 0.05) is 17.2 Å². The monoisotopic (exact) mass is 380 g/mol. The van der Waals surface area contributed by atoms with E-state index in [2.05, 4.69) is 60.7 Å². The molecule has 1 N–H and O–H groups in total. The van der Waals surface area contributed by atoms with Crippen LogP contribution in [0.2, 0.25) is 0 Å². The highest BCUT2D eigenvalue weighted by Gasteiger charge is 2.26. The number of benzene rings is 2. The second-order valence-electron chi connectivity index (χ2n) is 8.56. The fourth-order valence-electron chi connectivity index (χ4n) is 3.20. The van der Waals surface area contributed by atoms with Crippen LogP contribution in [0, 0.1) is 0 Å². The number of fused-ring (bicyclic) bond motifs is 3. The predicted molar refractivity (Wildman–Crippen MR) is 116 cm³/mol. The van der Waals surface area contributed by atoms with Gasteiger partial charge in [-0.25, -0.2) is 0 Å². The van der Waals surface area contributed by atoms with Crippen molar-refractivity contribution in [1.29, 1.82) is 0 Å². The van der Waals surface area contributed by atoms with Gasteiger partial charge < -0.3 is 14.9 Å². The normalized spacial score (nSPS) is 14.3. The SMILES string of the molecule is CC(C)NCCCCOc1ccc2c(c1)/C(=N/OC(C)(C)C)c1ccccc1-2. The van der Waals surface area contributed by atoms with Gasteiger partial charge in [-0.2, -0.15) is 0 Å². The van der Waals surface area contributed by atoms with Crippen LogP contribution >= 0.6 is 0 Å².